The number of carboxylic acids is 1. The van der Waals surface area contributed by atoms with Crippen LogP contribution in [-0.4, -0.2) is 291 Å². The average Bonchev–Trinajstić information content (AvgIpc) is 3.37. The molecule has 5 fully saturated rings. The number of carbonyl (C=O) groups is 3. The molecule has 0 unspecified atom stereocenters. The van der Waals surface area contributed by atoms with E-state index in [-0.39, 0.29) is 0 Å². The number of nitrogens with one attached hydrogen (secondary N) is 2. The van der Waals surface area contributed by atoms with Crippen LogP contribution in [0.25, 0.3) is 0 Å². The zero-order valence-electron chi connectivity index (χ0n) is 39.5. The third-order valence-corrected chi connectivity index (χ3v) is 14.2. The number of hydrogen-bond acceptors (Lipinski definition) is 28. The first-order chi connectivity index (χ1) is 35.0. The molecule has 0 saturated carbocycles. The zero-order chi connectivity index (χ0) is 54.5. The van der Waals surface area contributed by atoms with Crippen molar-refractivity contribution in [2.24, 2.45) is 0 Å². The van der Waals surface area contributed by atoms with Gasteiger partial charge in [-0.2, -0.15) is 0 Å². The van der Waals surface area contributed by atoms with Crippen molar-refractivity contribution in [2.45, 2.75) is 183 Å². The molecule has 74 heavy (non-hydrogen) atoms. The summed E-state index contributed by atoms with van der Waals surface area (Å²) in [6.07, 6.45) is -44.1. The molecule has 30 nitrogen and oxygen atoms in total. The van der Waals surface area contributed by atoms with Gasteiger partial charge in [-0.3, -0.25) is 9.59 Å². The van der Waals surface area contributed by atoms with Gasteiger partial charge < -0.3 is 135 Å². The Kier molecular flexibility index (Phi) is 21.3. The van der Waals surface area contributed by atoms with Crippen LogP contribution in [0.2, 0.25) is 0 Å². The predicted molar refractivity (Wildman–Crippen MR) is 237 cm³/mol. The van der Waals surface area contributed by atoms with E-state index in [1.165, 1.54) is 0 Å². The van der Waals surface area contributed by atoms with E-state index in [4.69, 9.17) is 42.6 Å². The number of aliphatic carboxylic acids is 1. The van der Waals surface area contributed by atoms with Crippen LogP contribution in [0.15, 0.2) is 35.2 Å². The molecule has 2 amide bonds. The maximum absolute atomic E-state index is 13.0. The maximum atomic E-state index is 13.0. The van der Waals surface area contributed by atoms with E-state index in [2.05, 4.69) is 10.6 Å². The fourth-order valence-corrected chi connectivity index (χ4v) is 10.3. The molecule has 26 atom stereocenters. The second-order valence-electron chi connectivity index (χ2n) is 18.3. The fourth-order valence-electron chi connectivity index (χ4n) is 9.25. The van der Waals surface area contributed by atoms with Crippen molar-refractivity contribution in [3.8, 4) is 0 Å². The predicted octanol–water partition coefficient (Wildman–Crippen LogP) is -9.63. The second kappa shape index (κ2) is 26.1. The Bertz CT molecular complexity index is 1970. The minimum atomic E-state index is -3.17. The van der Waals surface area contributed by atoms with Crippen LogP contribution in [0.3, 0.4) is 0 Å². The van der Waals surface area contributed by atoms with E-state index >= 15 is 0 Å². The lowest BCUT2D eigenvalue weighted by Gasteiger charge is -2.51. The van der Waals surface area contributed by atoms with Gasteiger partial charge in [-0.25, -0.2) is 4.79 Å². The summed E-state index contributed by atoms with van der Waals surface area (Å²) >= 11 is 1.03. The quantitative estimate of drug-likeness (QED) is 0.0576. The van der Waals surface area contributed by atoms with Crippen LogP contribution >= 0.6 is 11.8 Å². The molecule has 1 aromatic rings. The average molecular weight is 1090 g/mol. The summed E-state index contributed by atoms with van der Waals surface area (Å²) in [7, 11) is 0. The number of ether oxygens (including phenoxy) is 9. The number of rotatable bonds is 20. The number of carbonyl (C=O) groups excluding carboxylic acids is 2. The van der Waals surface area contributed by atoms with Crippen LogP contribution < -0.4 is 10.6 Å². The molecular formula is C43H66N2O28S. The van der Waals surface area contributed by atoms with Crippen molar-refractivity contribution in [2.75, 3.05) is 33.0 Å². The molecule has 5 aliphatic heterocycles. The van der Waals surface area contributed by atoms with Gasteiger partial charge >= 0.3 is 5.97 Å². The smallest absolute Gasteiger partial charge is 0.364 e. The van der Waals surface area contributed by atoms with Crippen molar-refractivity contribution < 1.29 is 139 Å². The first kappa shape index (κ1) is 60.3. The minimum Gasteiger partial charge on any atom is -0.477 e. The topological polar surface area (TPSA) is 482 Å². The number of amides is 2. The number of thioether (sulfide) groups is 1. The number of benzene rings is 1. The van der Waals surface area contributed by atoms with Crippen molar-refractivity contribution in [1.29, 1.82) is 0 Å². The highest BCUT2D eigenvalue weighted by Crippen LogP contribution is 2.40. The van der Waals surface area contributed by atoms with E-state index in [1.807, 2.05) is 0 Å². The molecule has 31 heteroatoms. The molecule has 422 valence electrons. The number of carboxylic acid groups (broad SMARTS) is 1. The molecule has 0 aromatic heterocycles. The number of aliphatic hydroxyl groups excluding tert-OH is 15. The molecule has 5 saturated heterocycles. The van der Waals surface area contributed by atoms with Crippen LogP contribution in [0.1, 0.15) is 20.3 Å². The molecule has 5 aliphatic rings. The third kappa shape index (κ3) is 13.1. The summed E-state index contributed by atoms with van der Waals surface area (Å²) in [6, 6.07) is 5.19. The van der Waals surface area contributed by atoms with Crippen LogP contribution in [0, 0.1) is 0 Å². The Balaban J connectivity index is 1.22. The van der Waals surface area contributed by atoms with Crippen molar-refractivity contribution >= 4 is 29.5 Å². The highest BCUT2D eigenvalue weighted by atomic mass is 32.2. The highest BCUT2D eigenvalue weighted by molar-refractivity contribution is 7.99. The van der Waals surface area contributed by atoms with Gasteiger partial charge in [0.15, 0.2) is 18.9 Å². The van der Waals surface area contributed by atoms with Gasteiger partial charge in [0.1, 0.15) is 121 Å². The Hall–Kier alpha value is -2.98. The van der Waals surface area contributed by atoms with Gasteiger partial charge in [0, 0.05) is 25.2 Å². The van der Waals surface area contributed by atoms with Gasteiger partial charge in [0.05, 0.1) is 45.2 Å². The minimum absolute atomic E-state index is 0.646. The lowest BCUT2D eigenvalue weighted by molar-refractivity contribution is -0.388. The first-order valence-corrected chi connectivity index (χ1v) is 24.2. The Morgan fingerprint density at radius 3 is 1.64 bits per heavy atom. The SMILES string of the molecule is CC(=O)N[C@H]1[C@H](O[C@H]2[C@@H](O)[C@@H](CO)O[C@@H](O[C@H]3[C@H](O)[C@@H](O)[C@H](Sc4ccccc4)O[C@@H]3CO)[C@@H]2O)O[C@H](CO)[C@@H](O[C@@H]2O[C@H](CO)[C@H](O)[C@H](O[C@]3(C(=O)O)C[C@H](O)[C@@H](NC(C)=O)[C@H]([C@H](O)[C@H](O)CO)O3)[C@H]2O)[C@@H]1O. The number of hydrogen-bond donors (Lipinski definition) is 18. The first-order valence-electron chi connectivity index (χ1n) is 23.3. The van der Waals surface area contributed by atoms with Crippen molar-refractivity contribution in [3.63, 3.8) is 0 Å². The largest absolute Gasteiger partial charge is 0.477 e. The van der Waals surface area contributed by atoms with Gasteiger partial charge in [0.25, 0.3) is 5.79 Å². The van der Waals surface area contributed by atoms with Gasteiger partial charge in [-0.05, 0) is 12.1 Å². The summed E-state index contributed by atoms with van der Waals surface area (Å²) in [6.45, 7) is -3.04. The fraction of sp³-hybridized carbons (Fsp3) is 0.791. The number of aliphatic hydroxyl groups is 15. The van der Waals surface area contributed by atoms with Crippen LogP contribution in [0.5, 0.6) is 0 Å². The summed E-state index contributed by atoms with van der Waals surface area (Å²) in [5.41, 5.74) is -1.12. The van der Waals surface area contributed by atoms with Gasteiger partial charge in [0.2, 0.25) is 11.8 Å². The summed E-state index contributed by atoms with van der Waals surface area (Å²) < 4.78 is 52.0. The Morgan fingerprint density at radius 2 is 1.11 bits per heavy atom. The maximum Gasteiger partial charge on any atom is 0.364 e. The molecule has 0 radical (unpaired) electrons. The normalized spacial score (nSPS) is 43.7. The molecule has 1 aromatic carbocycles. The second-order valence-corrected chi connectivity index (χ2v) is 19.4. The van der Waals surface area contributed by atoms with Crippen molar-refractivity contribution in [3.05, 3.63) is 30.3 Å². The Morgan fingerprint density at radius 1 is 0.622 bits per heavy atom. The summed E-state index contributed by atoms with van der Waals surface area (Å²) in [4.78, 5) is 38.3. The Labute approximate surface area is 424 Å². The summed E-state index contributed by atoms with van der Waals surface area (Å²) in [5.74, 6) is -6.89. The van der Waals surface area contributed by atoms with Crippen molar-refractivity contribution in [1.82, 2.24) is 10.6 Å². The van der Waals surface area contributed by atoms with E-state index in [0.717, 1.165) is 25.6 Å². The molecule has 0 bridgehead atoms. The lowest BCUT2D eigenvalue weighted by atomic mass is 9.88. The van der Waals surface area contributed by atoms with E-state index < -0.39 is 215 Å². The molecule has 0 spiro atoms. The molecule has 0 aliphatic carbocycles. The zero-order valence-corrected chi connectivity index (χ0v) is 40.3. The molecule has 18 N–H and O–H groups in total. The summed E-state index contributed by atoms with van der Waals surface area (Å²) in [5, 5.41) is 178. The van der Waals surface area contributed by atoms with Gasteiger partial charge in [-0.1, -0.05) is 30.0 Å². The van der Waals surface area contributed by atoms with E-state index in [0.29, 0.717) is 4.90 Å². The molecule has 6 rings (SSSR count). The van der Waals surface area contributed by atoms with Crippen LogP contribution in [0.4, 0.5) is 0 Å². The van der Waals surface area contributed by atoms with Gasteiger partial charge in [-0.15, -0.1) is 0 Å². The monoisotopic (exact) mass is 1090 g/mol. The highest BCUT2D eigenvalue weighted by Gasteiger charge is 2.61. The molecule has 5 heterocycles. The molecular weight excluding hydrogens is 1020 g/mol. The standard InChI is InChI=1S/C43H66N2O28S/c1-14(51)44-23-17(53)8-43(42(63)64,72-35(23)25(55)18(54)9-46)73-37-27(57)20(11-48)66-40(32(37)62)69-33-21(12-49)67-38(24(28(33)58)45-15(2)52)71-36-26(56)19(10-47)65-39(31(36)61)70-34-22(13-50)68-41(30(60)29(34)59)74-16-6-4-3-5-7-16/h3-7,17-41,46-50,53-62H,8-13H2,1-2H3,(H,44,51)(H,45,52)(H,63,64)/t17-,18+,19+,20+,21+,22+,23+,24+,25+,26-,27-,28+,29+,30+,31+,32+,33+,34+,35+,36-,37-,38-,39-,40-,41-,43-/m0/s1. The van der Waals surface area contributed by atoms with E-state index in [1.54, 1.807) is 30.3 Å². The van der Waals surface area contributed by atoms with E-state index in [9.17, 15) is 96.1 Å². The lowest BCUT2D eigenvalue weighted by Crippen LogP contribution is -2.71. The van der Waals surface area contributed by atoms with Crippen LogP contribution in [-0.2, 0) is 57.0 Å². The third-order valence-electron chi connectivity index (χ3n) is 13.1.